The lowest BCUT2D eigenvalue weighted by Crippen LogP contribution is -2.01. The summed E-state index contributed by atoms with van der Waals surface area (Å²) in [5.74, 6) is 0.936. The molecular formula is C9H10ClN5. The molecule has 4 N–H and O–H groups in total. The van der Waals surface area contributed by atoms with Crippen LogP contribution in [-0.2, 0) is 6.54 Å². The zero-order valence-corrected chi connectivity index (χ0v) is 8.62. The molecule has 0 saturated heterocycles. The molecule has 0 aliphatic rings. The van der Waals surface area contributed by atoms with Crippen LogP contribution in [0.3, 0.4) is 0 Å². The van der Waals surface area contributed by atoms with E-state index < -0.39 is 0 Å². The molecule has 0 aliphatic heterocycles. The van der Waals surface area contributed by atoms with Crippen LogP contribution in [0.15, 0.2) is 24.3 Å². The van der Waals surface area contributed by atoms with Gasteiger partial charge in [0.2, 0.25) is 5.95 Å². The topological polar surface area (TPSA) is 79.6 Å². The number of rotatable bonds is 3. The first-order chi connectivity index (χ1) is 7.24. The lowest BCUT2D eigenvalue weighted by atomic mass is 10.3. The molecule has 0 aliphatic carbocycles. The quantitative estimate of drug-likeness (QED) is 0.739. The molecule has 2 aromatic rings. The molecule has 1 heterocycles. The van der Waals surface area contributed by atoms with E-state index in [0.717, 1.165) is 5.69 Å². The van der Waals surface area contributed by atoms with Crippen LogP contribution in [0, 0.1) is 0 Å². The molecular weight excluding hydrogens is 214 g/mol. The van der Waals surface area contributed by atoms with Crippen molar-refractivity contribution in [1.82, 2.24) is 15.2 Å². The smallest absolute Gasteiger partial charge is 0.239 e. The lowest BCUT2D eigenvalue weighted by molar-refractivity contribution is 0.955. The van der Waals surface area contributed by atoms with Crippen LogP contribution in [-0.4, -0.2) is 15.2 Å². The number of nitrogens with one attached hydrogen (secondary N) is 2. The molecule has 1 aromatic carbocycles. The number of aromatic amines is 1. The molecule has 0 amide bonds. The van der Waals surface area contributed by atoms with E-state index in [9.17, 15) is 0 Å². The third-order valence-corrected chi connectivity index (χ3v) is 2.07. The van der Waals surface area contributed by atoms with E-state index in [0.29, 0.717) is 17.4 Å². The Morgan fingerprint density at radius 2 is 2.33 bits per heavy atom. The Bertz CT molecular complexity index is 453. The Morgan fingerprint density at radius 1 is 1.47 bits per heavy atom. The van der Waals surface area contributed by atoms with Gasteiger partial charge < -0.3 is 11.1 Å². The third kappa shape index (κ3) is 2.60. The van der Waals surface area contributed by atoms with Crippen molar-refractivity contribution in [3.8, 4) is 0 Å². The summed E-state index contributed by atoms with van der Waals surface area (Å²) in [4.78, 5) is 3.96. The van der Waals surface area contributed by atoms with Crippen LogP contribution >= 0.6 is 11.6 Å². The highest BCUT2D eigenvalue weighted by Crippen LogP contribution is 2.15. The van der Waals surface area contributed by atoms with Crippen molar-refractivity contribution in [3.63, 3.8) is 0 Å². The van der Waals surface area contributed by atoms with Gasteiger partial charge in [0.1, 0.15) is 5.82 Å². The first-order valence-electron chi connectivity index (χ1n) is 4.40. The normalized spacial score (nSPS) is 10.2. The average Bonchev–Trinajstić information content (AvgIpc) is 2.62. The number of nitrogen functional groups attached to an aromatic ring is 1. The minimum Gasteiger partial charge on any atom is -0.378 e. The monoisotopic (exact) mass is 223 g/mol. The molecule has 0 saturated carbocycles. The fourth-order valence-corrected chi connectivity index (χ4v) is 1.36. The first-order valence-corrected chi connectivity index (χ1v) is 4.78. The van der Waals surface area contributed by atoms with Gasteiger partial charge >= 0.3 is 0 Å². The molecule has 0 spiro atoms. The second kappa shape index (κ2) is 4.18. The second-order valence-electron chi connectivity index (χ2n) is 3.00. The summed E-state index contributed by atoms with van der Waals surface area (Å²) in [5, 5.41) is 10.3. The van der Waals surface area contributed by atoms with Crippen molar-refractivity contribution in [3.05, 3.63) is 35.1 Å². The van der Waals surface area contributed by atoms with Crippen molar-refractivity contribution in [1.29, 1.82) is 0 Å². The molecule has 1 aromatic heterocycles. The molecule has 0 fully saturated rings. The van der Waals surface area contributed by atoms with Crippen LogP contribution in [0.4, 0.5) is 11.6 Å². The number of hydrogen-bond acceptors (Lipinski definition) is 4. The van der Waals surface area contributed by atoms with Gasteiger partial charge in [0.05, 0.1) is 6.54 Å². The van der Waals surface area contributed by atoms with Gasteiger partial charge in [-0.2, -0.15) is 4.98 Å². The summed E-state index contributed by atoms with van der Waals surface area (Å²) < 4.78 is 0. The fourth-order valence-electron chi connectivity index (χ4n) is 1.17. The second-order valence-corrected chi connectivity index (χ2v) is 3.44. The van der Waals surface area contributed by atoms with E-state index in [1.807, 2.05) is 24.3 Å². The number of benzene rings is 1. The number of H-pyrrole nitrogens is 1. The van der Waals surface area contributed by atoms with E-state index in [-0.39, 0.29) is 5.95 Å². The average molecular weight is 224 g/mol. The van der Waals surface area contributed by atoms with Gasteiger partial charge in [-0.05, 0) is 18.2 Å². The number of anilines is 2. The summed E-state index contributed by atoms with van der Waals surface area (Å²) in [7, 11) is 0. The van der Waals surface area contributed by atoms with E-state index in [4.69, 9.17) is 17.3 Å². The molecule has 0 unspecified atom stereocenters. The largest absolute Gasteiger partial charge is 0.378 e. The Kier molecular flexibility index (Phi) is 2.73. The van der Waals surface area contributed by atoms with Crippen molar-refractivity contribution >= 4 is 23.2 Å². The zero-order chi connectivity index (χ0) is 10.7. The summed E-state index contributed by atoms with van der Waals surface area (Å²) in [5.41, 5.74) is 6.30. The van der Waals surface area contributed by atoms with Gasteiger partial charge in [0, 0.05) is 10.7 Å². The molecule has 5 nitrogen and oxygen atoms in total. The number of nitrogens with two attached hydrogens (primary N) is 1. The number of halogens is 1. The summed E-state index contributed by atoms with van der Waals surface area (Å²) in [6.07, 6.45) is 0. The van der Waals surface area contributed by atoms with Gasteiger partial charge in [0.15, 0.2) is 0 Å². The minimum absolute atomic E-state index is 0.248. The molecule has 0 radical (unpaired) electrons. The molecule has 15 heavy (non-hydrogen) atoms. The first kappa shape index (κ1) is 9.79. The van der Waals surface area contributed by atoms with Crippen molar-refractivity contribution in [2.45, 2.75) is 6.54 Å². The lowest BCUT2D eigenvalue weighted by Gasteiger charge is -2.03. The predicted octanol–water partition coefficient (Wildman–Crippen LogP) is 1.65. The SMILES string of the molecule is Nc1n[nH]c(CNc2cccc(Cl)c2)n1. The maximum Gasteiger partial charge on any atom is 0.239 e. The Morgan fingerprint density at radius 3 is 3.00 bits per heavy atom. The van der Waals surface area contributed by atoms with E-state index in [1.165, 1.54) is 0 Å². The molecule has 2 rings (SSSR count). The zero-order valence-electron chi connectivity index (χ0n) is 7.87. The van der Waals surface area contributed by atoms with Crippen LogP contribution in [0.2, 0.25) is 5.02 Å². The summed E-state index contributed by atoms with van der Waals surface area (Å²) >= 11 is 5.83. The molecule has 6 heteroatoms. The van der Waals surface area contributed by atoms with Gasteiger partial charge in [-0.15, -0.1) is 5.10 Å². The Labute approximate surface area is 91.7 Å². The fraction of sp³-hybridized carbons (Fsp3) is 0.111. The summed E-state index contributed by atoms with van der Waals surface area (Å²) in [6, 6.07) is 7.45. The standard InChI is InChI=1S/C9H10ClN5/c10-6-2-1-3-7(4-6)12-5-8-13-9(11)15-14-8/h1-4,12H,5H2,(H3,11,13,14,15). The van der Waals surface area contributed by atoms with Crippen LogP contribution < -0.4 is 11.1 Å². The Hall–Kier alpha value is -1.75. The molecule has 78 valence electrons. The summed E-state index contributed by atoms with van der Waals surface area (Å²) in [6.45, 7) is 0.532. The van der Waals surface area contributed by atoms with Gasteiger partial charge in [-0.3, -0.25) is 5.10 Å². The highest BCUT2D eigenvalue weighted by Gasteiger charge is 1.99. The van der Waals surface area contributed by atoms with Crippen molar-refractivity contribution < 1.29 is 0 Å². The molecule has 0 atom stereocenters. The maximum absolute atomic E-state index is 5.83. The van der Waals surface area contributed by atoms with Gasteiger partial charge in [-0.1, -0.05) is 17.7 Å². The predicted molar refractivity (Wildman–Crippen MR) is 59.6 cm³/mol. The van der Waals surface area contributed by atoms with Crippen LogP contribution in [0.5, 0.6) is 0 Å². The number of hydrogen-bond donors (Lipinski definition) is 3. The van der Waals surface area contributed by atoms with E-state index >= 15 is 0 Å². The van der Waals surface area contributed by atoms with Crippen molar-refractivity contribution in [2.24, 2.45) is 0 Å². The highest BCUT2D eigenvalue weighted by atomic mass is 35.5. The van der Waals surface area contributed by atoms with Gasteiger partial charge in [0.25, 0.3) is 0 Å². The van der Waals surface area contributed by atoms with Crippen molar-refractivity contribution in [2.75, 3.05) is 11.1 Å². The number of nitrogens with zero attached hydrogens (tertiary/aromatic N) is 2. The number of aromatic nitrogens is 3. The highest BCUT2D eigenvalue weighted by molar-refractivity contribution is 6.30. The van der Waals surface area contributed by atoms with E-state index in [2.05, 4.69) is 20.5 Å². The minimum atomic E-state index is 0.248. The van der Waals surface area contributed by atoms with Gasteiger partial charge in [-0.25, -0.2) is 0 Å². The van der Waals surface area contributed by atoms with Crippen LogP contribution in [0.25, 0.3) is 0 Å². The molecule has 0 bridgehead atoms. The van der Waals surface area contributed by atoms with Crippen LogP contribution in [0.1, 0.15) is 5.82 Å². The maximum atomic E-state index is 5.83. The Balaban J connectivity index is 1.99. The van der Waals surface area contributed by atoms with E-state index in [1.54, 1.807) is 0 Å². The third-order valence-electron chi connectivity index (χ3n) is 1.83.